The minimum absolute atomic E-state index is 0.486. The van der Waals surface area contributed by atoms with Crippen LogP contribution in [0.1, 0.15) is 26.2 Å². The highest BCUT2D eigenvalue weighted by atomic mass is 16.5. The van der Waals surface area contributed by atoms with Crippen LogP contribution in [-0.2, 0) is 9.47 Å². The Morgan fingerprint density at radius 1 is 1.26 bits per heavy atom. The van der Waals surface area contributed by atoms with Crippen molar-refractivity contribution in [1.29, 1.82) is 0 Å². The number of hydrogen-bond donors (Lipinski definition) is 1. The van der Waals surface area contributed by atoms with Gasteiger partial charge < -0.3 is 14.8 Å². The Kier molecular flexibility index (Phi) is 5.63. The van der Waals surface area contributed by atoms with Gasteiger partial charge in [-0.25, -0.2) is 0 Å². The standard InChI is InChI=1S/C15H30N2O2/c1-13(12-19-3)17(8-9-18-2)11-14-10-15(14)4-6-16-7-5-15/h13-14,16H,4-12H2,1-3H3. The second kappa shape index (κ2) is 7.02. The van der Waals surface area contributed by atoms with Crippen molar-refractivity contribution >= 4 is 0 Å². The number of ether oxygens (including phenoxy) is 2. The molecule has 0 aromatic heterocycles. The summed E-state index contributed by atoms with van der Waals surface area (Å²) in [6.07, 6.45) is 4.17. The molecule has 112 valence electrons. The SMILES string of the molecule is COCCN(CC1CC12CCNCC2)C(C)COC. The molecule has 1 N–H and O–H groups in total. The molecular weight excluding hydrogens is 240 g/mol. The van der Waals surface area contributed by atoms with Crippen molar-refractivity contribution in [3.05, 3.63) is 0 Å². The van der Waals surface area contributed by atoms with Gasteiger partial charge in [0.15, 0.2) is 0 Å². The summed E-state index contributed by atoms with van der Waals surface area (Å²) >= 11 is 0. The molecule has 4 heteroatoms. The van der Waals surface area contributed by atoms with E-state index in [2.05, 4.69) is 17.1 Å². The van der Waals surface area contributed by atoms with Crippen LogP contribution in [-0.4, -0.2) is 64.6 Å². The maximum atomic E-state index is 5.31. The van der Waals surface area contributed by atoms with Gasteiger partial charge in [0.2, 0.25) is 0 Å². The normalized spacial score (nSPS) is 26.8. The van der Waals surface area contributed by atoms with E-state index in [4.69, 9.17) is 9.47 Å². The summed E-state index contributed by atoms with van der Waals surface area (Å²) in [5.74, 6) is 0.894. The predicted octanol–water partition coefficient (Wildman–Crippen LogP) is 1.36. The van der Waals surface area contributed by atoms with Crippen molar-refractivity contribution in [3.8, 4) is 0 Å². The number of hydrogen-bond acceptors (Lipinski definition) is 4. The first-order chi connectivity index (χ1) is 9.22. The highest BCUT2D eigenvalue weighted by Gasteiger charge is 2.53. The maximum absolute atomic E-state index is 5.31. The number of nitrogens with zero attached hydrogens (tertiary/aromatic N) is 1. The van der Waals surface area contributed by atoms with Gasteiger partial charge in [-0.2, -0.15) is 0 Å². The molecule has 2 fully saturated rings. The molecule has 19 heavy (non-hydrogen) atoms. The Hall–Kier alpha value is -0.160. The van der Waals surface area contributed by atoms with Gasteiger partial charge in [-0.15, -0.1) is 0 Å². The molecule has 2 unspecified atom stereocenters. The van der Waals surface area contributed by atoms with Crippen molar-refractivity contribution in [3.63, 3.8) is 0 Å². The van der Waals surface area contributed by atoms with Crippen LogP contribution in [0.2, 0.25) is 0 Å². The highest BCUT2D eigenvalue weighted by molar-refractivity contribution is 5.05. The molecule has 0 radical (unpaired) electrons. The molecule has 0 amide bonds. The van der Waals surface area contributed by atoms with Gasteiger partial charge >= 0.3 is 0 Å². The predicted molar refractivity (Wildman–Crippen MR) is 77.4 cm³/mol. The molecule has 1 aliphatic heterocycles. The Balaban J connectivity index is 1.82. The van der Waals surface area contributed by atoms with Crippen molar-refractivity contribution < 1.29 is 9.47 Å². The molecular formula is C15H30N2O2. The van der Waals surface area contributed by atoms with E-state index in [9.17, 15) is 0 Å². The number of nitrogens with one attached hydrogen (secondary N) is 1. The third-order valence-corrected chi connectivity index (χ3v) is 5.03. The summed E-state index contributed by atoms with van der Waals surface area (Å²) < 4.78 is 10.6. The van der Waals surface area contributed by atoms with Crippen LogP contribution in [0.15, 0.2) is 0 Å². The summed E-state index contributed by atoms with van der Waals surface area (Å²) in [4.78, 5) is 2.55. The Bertz CT molecular complexity index is 267. The summed E-state index contributed by atoms with van der Waals surface area (Å²) in [6, 6.07) is 0.486. The number of piperidine rings is 1. The van der Waals surface area contributed by atoms with E-state index in [-0.39, 0.29) is 0 Å². The van der Waals surface area contributed by atoms with E-state index in [1.165, 1.54) is 38.9 Å². The topological polar surface area (TPSA) is 33.7 Å². The first-order valence-electron chi connectivity index (χ1n) is 7.64. The summed E-state index contributed by atoms with van der Waals surface area (Å²) in [5.41, 5.74) is 0.670. The highest BCUT2D eigenvalue weighted by Crippen LogP contribution is 2.58. The number of methoxy groups -OCH3 is 2. The third-order valence-electron chi connectivity index (χ3n) is 5.03. The lowest BCUT2D eigenvalue weighted by Gasteiger charge is -2.30. The van der Waals surface area contributed by atoms with Crippen LogP contribution in [0.5, 0.6) is 0 Å². The second-order valence-corrected chi connectivity index (χ2v) is 6.31. The molecule has 0 aromatic carbocycles. The first kappa shape index (κ1) is 15.2. The van der Waals surface area contributed by atoms with Gasteiger partial charge in [0.25, 0.3) is 0 Å². The molecule has 1 saturated heterocycles. The molecule has 0 aromatic rings. The summed E-state index contributed by atoms with van der Waals surface area (Å²) in [7, 11) is 3.57. The van der Waals surface area contributed by atoms with E-state index in [0.29, 0.717) is 11.5 Å². The monoisotopic (exact) mass is 270 g/mol. The minimum atomic E-state index is 0.486. The minimum Gasteiger partial charge on any atom is -0.383 e. The average Bonchev–Trinajstić information content (AvgIpc) is 3.07. The van der Waals surface area contributed by atoms with Crippen LogP contribution in [0.25, 0.3) is 0 Å². The quantitative estimate of drug-likeness (QED) is 0.722. The van der Waals surface area contributed by atoms with Crippen LogP contribution < -0.4 is 5.32 Å². The van der Waals surface area contributed by atoms with E-state index in [0.717, 1.165) is 25.7 Å². The first-order valence-corrected chi connectivity index (χ1v) is 7.64. The zero-order valence-electron chi connectivity index (χ0n) is 12.8. The lowest BCUT2D eigenvalue weighted by molar-refractivity contribution is 0.0683. The van der Waals surface area contributed by atoms with E-state index in [1.54, 1.807) is 14.2 Å². The summed E-state index contributed by atoms with van der Waals surface area (Å²) in [6.45, 7) is 8.54. The number of rotatable bonds is 8. The van der Waals surface area contributed by atoms with Gasteiger partial charge in [0.05, 0.1) is 13.2 Å². The van der Waals surface area contributed by atoms with Crippen LogP contribution in [0, 0.1) is 11.3 Å². The molecule has 2 aliphatic rings. The Morgan fingerprint density at radius 2 is 2.00 bits per heavy atom. The van der Waals surface area contributed by atoms with E-state index in [1.807, 2.05) is 0 Å². The van der Waals surface area contributed by atoms with Crippen LogP contribution >= 0.6 is 0 Å². The van der Waals surface area contributed by atoms with E-state index < -0.39 is 0 Å². The van der Waals surface area contributed by atoms with Gasteiger partial charge in [-0.05, 0) is 50.6 Å². The maximum Gasteiger partial charge on any atom is 0.0615 e. The fraction of sp³-hybridized carbons (Fsp3) is 1.00. The van der Waals surface area contributed by atoms with Crippen molar-refractivity contribution in [2.24, 2.45) is 11.3 Å². The van der Waals surface area contributed by atoms with Gasteiger partial charge in [0.1, 0.15) is 0 Å². The van der Waals surface area contributed by atoms with Gasteiger partial charge in [0, 0.05) is 33.4 Å². The van der Waals surface area contributed by atoms with Gasteiger partial charge in [-0.3, -0.25) is 4.90 Å². The van der Waals surface area contributed by atoms with Crippen LogP contribution in [0.4, 0.5) is 0 Å². The smallest absolute Gasteiger partial charge is 0.0615 e. The molecule has 1 saturated carbocycles. The summed E-state index contributed by atoms with van der Waals surface area (Å²) in [5, 5.41) is 3.48. The fourth-order valence-electron chi connectivity index (χ4n) is 3.56. The fourth-order valence-corrected chi connectivity index (χ4v) is 3.56. The molecule has 2 atom stereocenters. The van der Waals surface area contributed by atoms with Crippen molar-refractivity contribution in [1.82, 2.24) is 10.2 Å². The molecule has 1 heterocycles. The molecule has 1 spiro atoms. The van der Waals surface area contributed by atoms with Crippen molar-refractivity contribution in [2.75, 3.05) is 53.6 Å². The van der Waals surface area contributed by atoms with Gasteiger partial charge in [-0.1, -0.05) is 0 Å². The molecule has 0 bridgehead atoms. The molecule has 2 rings (SSSR count). The second-order valence-electron chi connectivity index (χ2n) is 6.31. The zero-order chi connectivity index (χ0) is 13.7. The average molecular weight is 270 g/mol. The lowest BCUT2D eigenvalue weighted by Crippen LogP contribution is -2.41. The van der Waals surface area contributed by atoms with Crippen molar-refractivity contribution in [2.45, 2.75) is 32.2 Å². The lowest BCUT2D eigenvalue weighted by atomic mass is 9.92. The largest absolute Gasteiger partial charge is 0.383 e. The Labute approximate surface area is 117 Å². The zero-order valence-corrected chi connectivity index (χ0v) is 12.8. The molecule has 1 aliphatic carbocycles. The van der Waals surface area contributed by atoms with E-state index >= 15 is 0 Å². The molecule has 4 nitrogen and oxygen atoms in total. The van der Waals surface area contributed by atoms with Crippen LogP contribution in [0.3, 0.4) is 0 Å². The third kappa shape index (κ3) is 3.91. The Morgan fingerprint density at radius 3 is 2.63 bits per heavy atom.